The largest absolute Gasteiger partial charge is 0.497 e. The number of anilines is 1. The second kappa shape index (κ2) is 5.80. The molecule has 1 aliphatic rings. The predicted octanol–water partition coefficient (Wildman–Crippen LogP) is 3.24. The highest BCUT2D eigenvalue weighted by molar-refractivity contribution is 5.50. The van der Waals surface area contributed by atoms with Gasteiger partial charge < -0.3 is 15.2 Å². The van der Waals surface area contributed by atoms with Gasteiger partial charge in [0, 0.05) is 23.9 Å². The van der Waals surface area contributed by atoms with Crippen LogP contribution in [0.4, 0.5) is 5.69 Å². The zero-order chi connectivity index (χ0) is 12.1. The average Bonchev–Trinajstić information content (AvgIpc) is 2.37. The van der Waals surface area contributed by atoms with Gasteiger partial charge in [0.1, 0.15) is 11.5 Å². The first-order valence-electron chi connectivity index (χ1n) is 6.35. The van der Waals surface area contributed by atoms with Gasteiger partial charge >= 0.3 is 0 Å². The maximum absolute atomic E-state index is 5.81. The summed E-state index contributed by atoms with van der Waals surface area (Å²) >= 11 is 0. The van der Waals surface area contributed by atoms with E-state index < -0.39 is 0 Å². The number of ether oxygens (including phenoxy) is 2. The highest BCUT2D eigenvalue weighted by Crippen LogP contribution is 2.27. The number of rotatable bonds is 4. The number of nitrogens with two attached hydrogens (primary N) is 1. The smallest absolute Gasteiger partial charge is 0.125 e. The summed E-state index contributed by atoms with van der Waals surface area (Å²) in [5.41, 5.74) is 6.47. The molecule has 0 spiro atoms. The fraction of sp³-hybridized carbons (Fsp3) is 0.571. The van der Waals surface area contributed by atoms with Crippen LogP contribution in [0.1, 0.15) is 32.1 Å². The highest BCUT2D eigenvalue weighted by atomic mass is 16.5. The Labute approximate surface area is 103 Å². The fourth-order valence-corrected chi connectivity index (χ4v) is 2.36. The maximum atomic E-state index is 5.81. The van der Waals surface area contributed by atoms with Crippen molar-refractivity contribution in [3.63, 3.8) is 0 Å². The first-order valence-corrected chi connectivity index (χ1v) is 6.35. The zero-order valence-corrected chi connectivity index (χ0v) is 10.4. The summed E-state index contributed by atoms with van der Waals surface area (Å²) in [4.78, 5) is 0. The third-order valence-corrected chi connectivity index (χ3v) is 3.35. The zero-order valence-electron chi connectivity index (χ0n) is 10.4. The van der Waals surface area contributed by atoms with E-state index in [1.807, 2.05) is 12.1 Å². The van der Waals surface area contributed by atoms with Crippen molar-refractivity contribution in [3.05, 3.63) is 18.2 Å². The van der Waals surface area contributed by atoms with Crippen molar-refractivity contribution in [2.75, 3.05) is 19.5 Å². The fourth-order valence-electron chi connectivity index (χ4n) is 2.36. The van der Waals surface area contributed by atoms with Crippen LogP contribution < -0.4 is 15.2 Å². The van der Waals surface area contributed by atoms with Crippen molar-refractivity contribution < 1.29 is 9.47 Å². The summed E-state index contributed by atoms with van der Waals surface area (Å²) < 4.78 is 11.0. The van der Waals surface area contributed by atoms with Gasteiger partial charge in [-0.1, -0.05) is 19.3 Å². The van der Waals surface area contributed by atoms with E-state index in [0.29, 0.717) is 11.6 Å². The molecule has 0 saturated heterocycles. The SMILES string of the molecule is COc1cc(N)cc(OCC2CCCCC2)c1. The van der Waals surface area contributed by atoms with E-state index in [4.69, 9.17) is 15.2 Å². The van der Waals surface area contributed by atoms with Crippen molar-refractivity contribution in [2.24, 2.45) is 5.92 Å². The van der Waals surface area contributed by atoms with Crippen LogP contribution in [0, 0.1) is 5.92 Å². The Bertz CT molecular complexity index is 359. The van der Waals surface area contributed by atoms with Gasteiger partial charge in [0.2, 0.25) is 0 Å². The van der Waals surface area contributed by atoms with Crippen LogP contribution in [0.25, 0.3) is 0 Å². The number of benzene rings is 1. The summed E-state index contributed by atoms with van der Waals surface area (Å²) in [6, 6.07) is 5.54. The lowest BCUT2D eigenvalue weighted by Crippen LogP contribution is -2.15. The minimum absolute atomic E-state index is 0.683. The molecule has 0 amide bonds. The molecule has 1 fully saturated rings. The molecular weight excluding hydrogens is 214 g/mol. The van der Waals surface area contributed by atoms with Crippen LogP contribution in [0.3, 0.4) is 0 Å². The molecule has 17 heavy (non-hydrogen) atoms. The number of hydrogen-bond donors (Lipinski definition) is 1. The maximum Gasteiger partial charge on any atom is 0.125 e. The van der Waals surface area contributed by atoms with Crippen LogP contribution in [-0.2, 0) is 0 Å². The van der Waals surface area contributed by atoms with Gasteiger partial charge in [0.15, 0.2) is 0 Å². The minimum atomic E-state index is 0.683. The Morgan fingerprint density at radius 3 is 2.53 bits per heavy atom. The molecule has 3 heteroatoms. The summed E-state index contributed by atoms with van der Waals surface area (Å²) in [7, 11) is 1.64. The topological polar surface area (TPSA) is 44.5 Å². The molecule has 1 aliphatic carbocycles. The van der Waals surface area contributed by atoms with Gasteiger partial charge in [-0.15, -0.1) is 0 Å². The van der Waals surface area contributed by atoms with Gasteiger partial charge in [-0.2, -0.15) is 0 Å². The second-order valence-electron chi connectivity index (χ2n) is 4.76. The monoisotopic (exact) mass is 235 g/mol. The third kappa shape index (κ3) is 3.55. The molecule has 0 aliphatic heterocycles. The Hall–Kier alpha value is -1.38. The average molecular weight is 235 g/mol. The second-order valence-corrected chi connectivity index (χ2v) is 4.76. The minimum Gasteiger partial charge on any atom is -0.497 e. The van der Waals surface area contributed by atoms with Gasteiger partial charge in [0.05, 0.1) is 13.7 Å². The first kappa shape index (κ1) is 12.1. The van der Waals surface area contributed by atoms with Crippen LogP contribution in [-0.4, -0.2) is 13.7 Å². The first-order chi connectivity index (χ1) is 8.28. The number of nitrogen functional groups attached to an aromatic ring is 1. The molecule has 0 bridgehead atoms. The van der Waals surface area contributed by atoms with Crippen molar-refractivity contribution in [1.29, 1.82) is 0 Å². The van der Waals surface area contributed by atoms with E-state index in [9.17, 15) is 0 Å². The summed E-state index contributed by atoms with van der Waals surface area (Å²) in [5, 5.41) is 0. The van der Waals surface area contributed by atoms with E-state index in [-0.39, 0.29) is 0 Å². The molecule has 0 atom stereocenters. The highest BCUT2D eigenvalue weighted by Gasteiger charge is 2.14. The number of hydrogen-bond acceptors (Lipinski definition) is 3. The van der Waals surface area contributed by atoms with E-state index in [1.165, 1.54) is 32.1 Å². The van der Waals surface area contributed by atoms with E-state index in [1.54, 1.807) is 13.2 Å². The van der Waals surface area contributed by atoms with E-state index in [0.717, 1.165) is 18.1 Å². The summed E-state index contributed by atoms with van der Waals surface area (Å²) in [6.45, 7) is 0.798. The lowest BCUT2D eigenvalue weighted by Gasteiger charge is -2.21. The molecule has 2 rings (SSSR count). The Balaban J connectivity index is 1.91. The molecule has 2 N–H and O–H groups in total. The normalized spacial score (nSPS) is 16.8. The summed E-state index contributed by atoms with van der Waals surface area (Å²) in [6.07, 6.45) is 6.64. The van der Waals surface area contributed by atoms with Crippen LogP contribution >= 0.6 is 0 Å². The van der Waals surface area contributed by atoms with Gasteiger partial charge in [-0.25, -0.2) is 0 Å². The van der Waals surface area contributed by atoms with Crippen LogP contribution in [0.5, 0.6) is 11.5 Å². The molecule has 0 unspecified atom stereocenters. The van der Waals surface area contributed by atoms with Crippen LogP contribution in [0.2, 0.25) is 0 Å². The quantitative estimate of drug-likeness (QED) is 0.815. The molecule has 1 saturated carbocycles. The molecule has 0 aromatic heterocycles. The Kier molecular flexibility index (Phi) is 4.13. The molecule has 1 aromatic rings. The number of methoxy groups -OCH3 is 1. The predicted molar refractivity (Wildman–Crippen MR) is 69.5 cm³/mol. The lowest BCUT2D eigenvalue weighted by atomic mass is 9.90. The molecule has 94 valence electrons. The molecule has 0 radical (unpaired) electrons. The van der Waals surface area contributed by atoms with E-state index >= 15 is 0 Å². The Morgan fingerprint density at radius 1 is 1.12 bits per heavy atom. The van der Waals surface area contributed by atoms with Crippen molar-refractivity contribution in [3.8, 4) is 11.5 Å². The van der Waals surface area contributed by atoms with Gasteiger partial charge in [0.25, 0.3) is 0 Å². The van der Waals surface area contributed by atoms with Gasteiger partial charge in [-0.05, 0) is 18.8 Å². The van der Waals surface area contributed by atoms with Crippen LogP contribution in [0.15, 0.2) is 18.2 Å². The standard InChI is InChI=1S/C14H21NO2/c1-16-13-7-12(15)8-14(9-13)17-10-11-5-3-2-4-6-11/h7-9,11H,2-6,10,15H2,1H3. The molecule has 0 heterocycles. The van der Waals surface area contributed by atoms with E-state index in [2.05, 4.69) is 0 Å². The molecular formula is C14H21NO2. The lowest BCUT2D eigenvalue weighted by molar-refractivity contribution is 0.208. The molecule has 3 nitrogen and oxygen atoms in total. The van der Waals surface area contributed by atoms with Gasteiger partial charge in [-0.3, -0.25) is 0 Å². The van der Waals surface area contributed by atoms with Crippen molar-refractivity contribution >= 4 is 5.69 Å². The molecule has 1 aromatic carbocycles. The van der Waals surface area contributed by atoms with Crippen molar-refractivity contribution in [1.82, 2.24) is 0 Å². The Morgan fingerprint density at radius 2 is 1.82 bits per heavy atom. The summed E-state index contributed by atoms with van der Waals surface area (Å²) in [5.74, 6) is 2.27. The van der Waals surface area contributed by atoms with Crippen molar-refractivity contribution in [2.45, 2.75) is 32.1 Å². The third-order valence-electron chi connectivity index (χ3n) is 3.35.